The summed E-state index contributed by atoms with van der Waals surface area (Å²) in [6.45, 7) is 7.12. The van der Waals surface area contributed by atoms with E-state index in [0.29, 0.717) is 12.0 Å². The topological polar surface area (TPSA) is 58.1 Å². The molecule has 1 aromatic heterocycles. The van der Waals surface area contributed by atoms with Crippen LogP contribution in [0.1, 0.15) is 51.1 Å². The van der Waals surface area contributed by atoms with E-state index in [0.717, 1.165) is 45.3 Å². The Morgan fingerprint density at radius 3 is 2.43 bits per heavy atom. The van der Waals surface area contributed by atoms with Crippen LogP contribution in [0.3, 0.4) is 0 Å². The van der Waals surface area contributed by atoms with Crippen LogP contribution < -0.4 is 11.2 Å². The van der Waals surface area contributed by atoms with E-state index < -0.39 is 0 Å². The normalized spacial score (nSPS) is 17.3. The van der Waals surface area contributed by atoms with E-state index in [1.54, 1.807) is 0 Å². The monoisotopic (exact) mass is 313 g/mol. The molecule has 2 rings (SSSR count). The van der Waals surface area contributed by atoms with Crippen molar-refractivity contribution < 1.29 is 0 Å². The van der Waals surface area contributed by atoms with Crippen molar-refractivity contribution in [1.82, 2.24) is 14.5 Å². The second-order valence-electron chi connectivity index (χ2n) is 5.72. The van der Waals surface area contributed by atoms with E-state index in [-0.39, 0.29) is 22.4 Å². The Kier molecular flexibility index (Phi) is 5.65. The fraction of sp³-hybridized carbons (Fsp3) is 0.733. The van der Waals surface area contributed by atoms with Crippen LogP contribution >= 0.6 is 11.6 Å². The lowest BCUT2D eigenvalue weighted by molar-refractivity contribution is 0.182. The predicted octanol–water partition coefficient (Wildman–Crippen LogP) is 2.19. The molecule has 118 valence electrons. The molecule has 1 fully saturated rings. The van der Waals surface area contributed by atoms with E-state index in [4.69, 9.17) is 11.6 Å². The fourth-order valence-corrected chi connectivity index (χ4v) is 3.33. The molecule has 1 aromatic rings. The predicted molar refractivity (Wildman–Crippen MR) is 85.3 cm³/mol. The van der Waals surface area contributed by atoms with Gasteiger partial charge in [-0.25, -0.2) is 4.79 Å². The third-order valence-corrected chi connectivity index (χ3v) is 4.46. The van der Waals surface area contributed by atoms with Crippen molar-refractivity contribution in [3.8, 4) is 0 Å². The van der Waals surface area contributed by atoms with Crippen LogP contribution in [0.15, 0.2) is 9.59 Å². The van der Waals surface area contributed by atoms with Gasteiger partial charge in [-0.2, -0.15) is 0 Å². The summed E-state index contributed by atoms with van der Waals surface area (Å²) in [7, 11) is 0. The summed E-state index contributed by atoms with van der Waals surface area (Å²) >= 11 is 6.01. The molecule has 0 saturated carbocycles. The number of aromatic amines is 1. The number of halogens is 1. The summed E-state index contributed by atoms with van der Waals surface area (Å²) in [6, 6.07) is -0.0118. The van der Waals surface area contributed by atoms with Crippen LogP contribution in [0.4, 0.5) is 0 Å². The van der Waals surface area contributed by atoms with E-state index in [1.807, 2.05) is 6.92 Å². The number of aromatic nitrogens is 2. The molecule has 0 aliphatic carbocycles. The minimum absolute atomic E-state index is 0.0118. The van der Waals surface area contributed by atoms with Gasteiger partial charge in [0, 0.05) is 19.1 Å². The largest absolute Gasteiger partial charge is 0.329 e. The minimum Gasteiger partial charge on any atom is -0.303 e. The molecule has 1 aliphatic heterocycles. The van der Waals surface area contributed by atoms with Crippen LogP contribution in [-0.4, -0.2) is 34.1 Å². The number of hydrogen-bond donors (Lipinski definition) is 1. The first-order valence-electron chi connectivity index (χ1n) is 7.84. The summed E-state index contributed by atoms with van der Waals surface area (Å²) in [5, 5.41) is 0.200. The zero-order valence-corrected chi connectivity index (χ0v) is 13.6. The van der Waals surface area contributed by atoms with Gasteiger partial charge in [-0.1, -0.05) is 31.9 Å². The number of nitrogens with zero attached hydrogens (tertiary/aromatic N) is 2. The molecular formula is C15H24ClN3O2. The quantitative estimate of drug-likeness (QED) is 0.848. The molecule has 0 amide bonds. The van der Waals surface area contributed by atoms with Gasteiger partial charge in [-0.15, -0.1) is 0 Å². The highest BCUT2D eigenvalue weighted by molar-refractivity contribution is 6.30. The lowest BCUT2D eigenvalue weighted by Crippen LogP contribution is -2.44. The molecule has 2 heterocycles. The Labute approximate surface area is 129 Å². The summed E-state index contributed by atoms with van der Waals surface area (Å²) < 4.78 is 1.39. The van der Waals surface area contributed by atoms with Crippen LogP contribution in [0, 0.1) is 0 Å². The Balaban J connectivity index is 2.27. The first-order chi connectivity index (χ1) is 10.1. The molecule has 0 unspecified atom stereocenters. The van der Waals surface area contributed by atoms with E-state index in [1.165, 1.54) is 4.57 Å². The number of rotatable bonds is 5. The highest BCUT2D eigenvalue weighted by Crippen LogP contribution is 2.20. The molecule has 0 spiro atoms. The van der Waals surface area contributed by atoms with Crippen molar-refractivity contribution in [2.24, 2.45) is 0 Å². The summed E-state index contributed by atoms with van der Waals surface area (Å²) in [5.74, 6) is 0. The van der Waals surface area contributed by atoms with Crippen LogP contribution in [0.5, 0.6) is 0 Å². The van der Waals surface area contributed by atoms with Crippen molar-refractivity contribution in [2.75, 3.05) is 19.6 Å². The smallest absolute Gasteiger partial charge is 0.303 e. The van der Waals surface area contributed by atoms with Gasteiger partial charge in [0.1, 0.15) is 5.15 Å². The van der Waals surface area contributed by atoms with Gasteiger partial charge in [-0.3, -0.25) is 14.3 Å². The van der Waals surface area contributed by atoms with Gasteiger partial charge >= 0.3 is 5.69 Å². The number of likely N-dealkylation sites (tertiary alicyclic amines) is 1. The maximum Gasteiger partial charge on any atom is 0.329 e. The summed E-state index contributed by atoms with van der Waals surface area (Å²) in [6.07, 6.45) is 4.25. The third kappa shape index (κ3) is 3.58. The van der Waals surface area contributed by atoms with Crippen molar-refractivity contribution in [3.05, 3.63) is 31.6 Å². The molecule has 0 atom stereocenters. The molecule has 0 bridgehead atoms. The lowest BCUT2D eigenvalue weighted by atomic mass is 10.0. The number of piperidine rings is 1. The van der Waals surface area contributed by atoms with Gasteiger partial charge in [0.25, 0.3) is 5.56 Å². The molecule has 1 aliphatic rings. The second-order valence-corrected chi connectivity index (χ2v) is 6.10. The molecule has 21 heavy (non-hydrogen) atoms. The third-order valence-electron chi connectivity index (χ3n) is 4.14. The molecule has 6 heteroatoms. The maximum absolute atomic E-state index is 12.6. The average molecular weight is 314 g/mol. The van der Waals surface area contributed by atoms with E-state index in [9.17, 15) is 9.59 Å². The van der Waals surface area contributed by atoms with Crippen molar-refractivity contribution in [3.63, 3.8) is 0 Å². The Hall–Kier alpha value is -1.07. The molecule has 0 radical (unpaired) electrons. The van der Waals surface area contributed by atoms with Gasteiger partial charge in [0.05, 0.1) is 5.56 Å². The SMILES string of the molecule is CCCc1c(Cl)[nH]c(=O)n(C2CCN(CCC)CC2)c1=O. The molecule has 0 aromatic carbocycles. The fourth-order valence-electron chi connectivity index (χ4n) is 3.08. The van der Waals surface area contributed by atoms with Crippen molar-refractivity contribution in [1.29, 1.82) is 0 Å². The minimum atomic E-state index is -0.376. The highest BCUT2D eigenvalue weighted by Gasteiger charge is 2.24. The van der Waals surface area contributed by atoms with Crippen molar-refractivity contribution in [2.45, 2.75) is 52.0 Å². The maximum atomic E-state index is 12.6. The summed E-state index contributed by atoms with van der Waals surface area (Å²) in [5.41, 5.74) is -0.0481. The zero-order chi connectivity index (χ0) is 15.4. The number of nitrogens with one attached hydrogen (secondary N) is 1. The zero-order valence-electron chi connectivity index (χ0n) is 12.8. The molecule has 5 nitrogen and oxygen atoms in total. The molecule has 1 N–H and O–H groups in total. The molecule has 1 saturated heterocycles. The Morgan fingerprint density at radius 1 is 1.19 bits per heavy atom. The molecular weight excluding hydrogens is 290 g/mol. The Bertz CT molecular complexity index is 586. The Morgan fingerprint density at radius 2 is 1.86 bits per heavy atom. The van der Waals surface area contributed by atoms with Crippen LogP contribution in [0.2, 0.25) is 5.15 Å². The number of H-pyrrole nitrogens is 1. The van der Waals surface area contributed by atoms with E-state index in [2.05, 4.69) is 16.8 Å². The van der Waals surface area contributed by atoms with Gasteiger partial charge in [0.15, 0.2) is 0 Å². The highest BCUT2D eigenvalue weighted by atomic mass is 35.5. The second kappa shape index (κ2) is 7.27. The average Bonchev–Trinajstić information content (AvgIpc) is 2.45. The first kappa shape index (κ1) is 16.3. The lowest BCUT2D eigenvalue weighted by Gasteiger charge is -2.32. The van der Waals surface area contributed by atoms with Gasteiger partial charge in [-0.05, 0) is 32.2 Å². The van der Waals surface area contributed by atoms with E-state index >= 15 is 0 Å². The van der Waals surface area contributed by atoms with Crippen molar-refractivity contribution >= 4 is 11.6 Å². The standard InChI is InChI=1S/C15H24ClN3O2/c1-3-5-12-13(16)17-15(21)19(14(12)20)11-6-9-18(8-4-2)10-7-11/h11H,3-10H2,1-2H3,(H,17,21). The summed E-state index contributed by atoms with van der Waals surface area (Å²) in [4.78, 5) is 29.7. The first-order valence-corrected chi connectivity index (χ1v) is 8.21. The number of hydrogen-bond acceptors (Lipinski definition) is 3. The van der Waals surface area contributed by atoms with Gasteiger partial charge < -0.3 is 4.90 Å². The van der Waals surface area contributed by atoms with Crippen LogP contribution in [-0.2, 0) is 6.42 Å². The van der Waals surface area contributed by atoms with Gasteiger partial charge in [0.2, 0.25) is 0 Å². The van der Waals surface area contributed by atoms with Crippen LogP contribution in [0.25, 0.3) is 0 Å².